The number of primary amides is 1. The van der Waals surface area contributed by atoms with Crippen molar-refractivity contribution in [2.75, 3.05) is 18.1 Å². The van der Waals surface area contributed by atoms with Crippen LogP contribution in [0.5, 0.6) is 0 Å². The number of anilines is 1. The number of ether oxygens (including phenoxy) is 1. The first kappa shape index (κ1) is 13.5. The lowest BCUT2D eigenvalue weighted by atomic mass is 10.2. The second-order valence-corrected chi connectivity index (χ2v) is 5.63. The molecule has 1 aromatic carbocycles. The molecule has 1 saturated heterocycles. The van der Waals surface area contributed by atoms with Gasteiger partial charge in [-0.1, -0.05) is 11.6 Å². The average molecular weight is 287 g/mol. The Morgan fingerprint density at radius 3 is 2.94 bits per heavy atom. The van der Waals surface area contributed by atoms with Gasteiger partial charge >= 0.3 is 0 Å². The van der Waals surface area contributed by atoms with Crippen molar-refractivity contribution in [1.29, 1.82) is 0 Å². The van der Waals surface area contributed by atoms with Crippen LogP contribution in [-0.2, 0) is 4.74 Å². The Kier molecular flexibility index (Phi) is 4.37. The van der Waals surface area contributed by atoms with E-state index in [-0.39, 0.29) is 6.10 Å². The Hall–Kier alpha value is -0.910. The molecule has 98 valence electrons. The zero-order chi connectivity index (χ0) is 13.1. The molecule has 0 saturated carbocycles. The molecule has 0 aliphatic carbocycles. The highest BCUT2D eigenvalue weighted by molar-refractivity contribution is 7.99. The number of nitrogens with two attached hydrogens (primary N) is 2. The van der Waals surface area contributed by atoms with Crippen molar-refractivity contribution < 1.29 is 9.53 Å². The number of benzene rings is 1. The van der Waals surface area contributed by atoms with Crippen molar-refractivity contribution in [3.05, 3.63) is 22.7 Å². The monoisotopic (exact) mass is 286 g/mol. The minimum absolute atomic E-state index is 0.226. The van der Waals surface area contributed by atoms with Gasteiger partial charge in [-0.05, 0) is 25.0 Å². The van der Waals surface area contributed by atoms with Crippen LogP contribution in [-0.4, -0.2) is 24.4 Å². The van der Waals surface area contributed by atoms with Crippen molar-refractivity contribution in [1.82, 2.24) is 0 Å². The summed E-state index contributed by atoms with van der Waals surface area (Å²) in [6.45, 7) is 0.809. The Morgan fingerprint density at radius 1 is 1.56 bits per heavy atom. The standard InChI is InChI=1S/C12H15ClN2O2S/c13-10-5-7(14)4-9(12(15)16)11(10)18-6-8-2-1-3-17-8/h4-5,8H,1-3,6,14H2,(H2,15,16). The van der Waals surface area contributed by atoms with Crippen LogP contribution in [0.4, 0.5) is 5.69 Å². The number of halogens is 1. The van der Waals surface area contributed by atoms with Gasteiger partial charge in [-0.3, -0.25) is 4.79 Å². The molecule has 0 aromatic heterocycles. The summed E-state index contributed by atoms with van der Waals surface area (Å²) in [7, 11) is 0. The number of amides is 1. The Bertz CT molecular complexity index is 462. The van der Waals surface area contributed by atoms with Crippen LogP contribution in [0, 0.1) is 0 Å². The first-order chi connectivity index (χ1) is 8.58. The first-order valence-corrected chi connectivity index (χ1v) is 7.07. The van der Waals surface area contributed by atoms with E-state index in [4.69, 9.17) is 27.8 Å². The third-order valence-corrected chi connectivity index (χ3v) is 4.45. The van der Waals surface area contributed by atoms with E-state index in [1.54, 1.807) is 12.1 Å². The van der Waals surface area contributed by atoms with Gasteiger partial charge in [-0.15, -0.1) is 11.8 Å². The molecule has 1 amide bonds. The van der Waals surface area contributed by atoms with Gasteiger partial charge < -0.3 is 16.2 Å². The molecule has 1 fully saturated rings. The summed E-state index contributed by atoms with van der Waals surface area (Å²) in [6.07, 6.45) is 2.36. The summed E-state index contributed by atoms with van der Waals surface area (Å²) in [5.41, 5.74) is 11.8. The van der Waals surface area contributed by atoms with Gasteiger partial charge in [0.25, 0.3) is 0 Å². The van der Waals surface area contributed by atoms with Gasteiger partial charge in [-0.25, -0.2) is 0 Å². The molecular weight excluding hydrogens is 272 g/mol. The molecule has 1 unspecified atom stereocenters. The van der Waals surface area contributed by atoms with Gasteiger partial charge in [0.1, 0.15) is 0 Å². The number of thioether (sulfide) groups is 1. The van der Waals surface area contributed by atoms with Gasteiger partial charge in [0.15, 0.2) is 0 Å². The quantitative estimate of drug-likeness (QED) is 0.657. The van der Waals surface area contributed by atoms with E-state index >= 15 is 0 Å². The molecule has 4 N–H and O–H groups in total. The summed E-state index contributed by atoms with van der Waals surface area (Å²) in [6, 6.07) is 3.19. The highest BCUT2D eigenvalue weighted by Gasteiger charge is 2.19. The smallest absolute Gasteiger partial charge is 0.249 e. The van der Waals surface area contributed by atoms with Crippen molar-refractivity contribution >= 4 is 35.0 Å². The first-order valence-electron chi connectivity index (χ1n) is 5.71. The predicted molar refractivity (Wildman–Crippen MR) is 74.1 cm³/mol. The SMILES string of the molecule is NC(=O)c1cc(N)cc(Cl)c1SCC1CCCO1. The maximum atomic E-state index is 11.4. The third-order valence-electron chi connectivity index (χ3n) is 2.77. The van der Waals surface area contributed by atoms with E-state index in [9.17, 15) is 4.79 Å². The predicted octanol–water partition coefficient (Wildman–Crippen LogP) is 2.29. The van der Waals surface area contributed by atoms with Crippen LogP contribution < -0.4 is 11.5 Å². The van der Waals surface area contributed by atoms with Crippen molar-refractivity contribution in [3.63, 3.8) is 0 Å². The number of carbonyl (C=O) groups is 1. The normalized spacial score (nSPS) is 19.1. The fraction of sp³-hybridized carbons (Fsp3) is 0.417. The number of carbonyl (C=O) groups excluding carboxylic acids is 1. The summed E-state index contributed by atoms with van der Waals surface area (Å²) >= 11 is 7.61. The lowest BCUT2D eigenvalue weighted by Gasteiger charge is -2.13. The average Bonchev–Trinajstić information content (AvgIpc) is 2.79. The van der Waals surface area contributed by atoms with E-state index in [0.717, 1.165) is 25.2 Å². The number of hydrogen-bond donors (Lipinski definition) is 2. The van der Waals surface area contributed by atoms with Crippen LogP contribution in [0.25, 0.3) is 0 Å². The maximum Gasteiger partial charge on any atom is 0.249 e. The molecule has 1 aliphatic heterocycles. The number of nitrogen functional groups attached to an aromatic ring is 1. The van der Waals surface area contributed by atoms with Crippen LogP contribution >= 0.6 is 23.4 Å². The summed E-state index contributed by atoms with van der Waals surface area (Å²) in [5, 5.41) is 0.465. The van der Waals surface area contributed by atoms with Crippen LogP contribution in [0.3, 0.4) is 0 Å². The lowest BCUT2D eigenvalue weighted by Crippen LogP contribution is -2.14. The van der Waals surface area contributed by atoms with E-state index in [0.29, 0.717) is 21.2 Å². The van der Waals surface area contributed by atoms with Crippen LogP contribution in [0.2, 0.25) is 5.02 Å². The molecule has 2 rings (SSSR count). The summed E-state index contributed by atoms with van der Waals surface area (Å²) in [4.78, 5) is 12.1. The summed E-state index contributed by atoms with van der Waals surface area (Å²) in [5.74, 6) is 0.253. The Balaban J connectivity index is 2.17. The van der Waals surface area contributed by atoms with Crippen LogP contribution in [0.15, 0.2) is 17.0 Å². The van der Waals surface area contributed by atoms with Crippen LogP contribution in [0.1, 0.15) is 23.2 Å². The topological polar surface area (TPSA) is 78.3 Å². The fourth-order valence-electron chi connectivity index (χ4n) is 1.90. The van der Waals surface area contributed by atoms with Gasteiger partial charge in [0.2, 0.25) is 5.91 Å². The molecule has 0 radical (unpaired) electrons. The molecule has 1 aliphatic rings. The molecule has 4 nitrogen and oxygen atoms in total. The molecule has 1 heterocycles. The van der Waals surface area contributed by atoms with Crippen molar-refractivity contribution in [3.8, 4) is 0 Å². The van der Waals surface area contributed by atoms with E-state index in [1.807, 2.05) is 0 Å². The molecule has 1 aromatic rings. The molecular formula is C12H15ClN2O2S. The largest absolute Gasteiger partial charge is 0.399 e. The minimum Gasteiger partial charge on any atom is -0.399 e. The van der Waals surface area contributed by atoms with E-state index in [1.165, 1.54) is 11.8 Å². The molecule has 6 heteroatoms. The van der Waals surface area contributed by atoms with E-state index < -0.39 is 5.91 Å². The van der Waals surface area contributed by atoms with Gasteiger partial charge in [0.05, 0.1) is 16.7 Å². The second-order valence-electron chi connectivity index (χ2n) is 4.19. The zero-order valence-electron chi connectivity index (χ0n) is 9.82. The van der Waals surface area contributed by atoms with E-state index in [2.05, 4.69) is 0 Å². The van der Waals surface area contributed by atoms with Gasteiger partial charge in [0, 0.05) is 22.9 Å². The second kappa shape index (κ2) is 5.82. The fourth-order valence-corrected chi connectivity index (χ4v) is 3.41. The molecule has 0 bridgehead atoms. The molecule has 18 heavy (non-hydrogen) atoms. The van der Waals surface area contributed by atoms with Gasteiger partial charge in [-0.2, -0.15) is 0 Å². The molecule has 1 atom stereocenters. The third kappa shape index (κ3) is 3.10. The highest BCUT2D eigenvalue weighted by atomic mass is 35.5. The minimum atomic E-state index is -0.515. The lowest BCUT2D eigenvalue weighted by molar-refractivity contribution is 0.0997. The Morgan fingerprint density at radius 2 is 2.33 bits per heavy atom. The molecule has 0 spiro atoms. The maximum absolute atomic E-state index is 11.4. The Labute approximate surface area is 115 Å². The summed E-state index contributed by atoms with van der Waals surface area (Å²) < 4.78 is 5.53. The number of rotatable bonds is 4. The highest BCUT2D eigenvalue weighted by Crippen LogP contribution is 2.34. The van der Waals surface area contributed by atoms with Crippen molar-refractivity contribution in [2.24, 2.45) is 5.73 Å². The zero-order valence-corrected chi connectivity index (χ0v) is 11.4. The number of hydrogen-bond acceptors (Lipinski definition) is 4. The van der Waals surface area contributed by atoms with Crippen molar-refractivity contribution in [2.45, 2.75) is 23.8 Å².